The van der Waals surface area contributed by atoms with Gasteiger partial charge in [0.1, 0.15) is 0 Å². The van der Waals surface area contributed by atoms with Crippen molar-refractivity contribution in [3.8, 4) is 0 Å². The fraction of sp³-hybridized carbons (Fsp3) is 0.400. The third kappa shape index (κ3) is 5.32. The van der Waals surface area contributed by atoms with E-state index in [0.717, 1.165) is 36.1 Å². The Kier molecular flexibility index (Phi) is 8.86. The Morgan fingerprint density at radius 2 is 0.867 bits per heavy atom. The minimum absolute atomic E-state index is 0. The van der Waals surface area contributed by atoms with E-state index >= 15 is 0 Å². The van der Waals surface area contributed by atoms with Crippen LogP contribution in [0, 0.1) is 49.0 Å². The molecule has 0 spiro atoms. The molecule has 0 atom stereocenters. The van der Waals surface area contributed by atoms with Crippen LogP contribution in [0.3, 0.4) is 0 Å². The maximum Gasteiger partial charge on any atom is 2.00 e. The average molecular weight is 450 g/mol. The molecule has 0 N–H and O–H groups in total. The van der Waals surface area contributed by atoms with E-state index in [0.29, 0.717) is 0 Å². The summed E-state index contributed by atoms with van der Waals surface area (Å²) in [5.74, 6) is 1.87. The Hall–Kier alpha value is -2.13. The summed E-state index contributed by atoms with van der Waals surface area (Å²) in [5.41, 5.74) is 9.45. The van der Waals surface area contributed by atoms with Crippen molar-refractivity contribution in [3.63, 3.8) is 0 Å². The Bertz CT molecular complexity index is 850. The summed E-state index contributed by atoms with van der Waals surface area (Å²) in [4.78, 5) is 14.7. The topological polar surface area (TPSA) is 31.2 Å². The van der Waals surface area contributed by atoms with Crippen LogP contribution in [-0.4, -0.2) is 48.7 Å². The molecule has 1 fully saturated rings. The Labute approximate surface area is 193 Å². The van der Waals surface area contributed by atoms with Gasteiger partial charge in [0.15, 0.2) is 11.7 Å². The van der Waals surface area contributed by atoms with Crippen LogP contribution in [0.5, 0.6) is 0 Å². The van der Waals surface area contributed by atoms with Gasteiger partial charge >= 0.3 is 16.5 Å². The van der Waals surface area contributed by atoms with E-state index in [-0.39, 0.29) is 23.9 Å². The van der Waals surface area contributed by atoms with Crippen LogP contribution in [0.1, 0.15) is 33.4 Å². The van der Waals surface area contributed by atoms with Crippen molar-refractivity contribution in [1.82, 2.24) is 9.80 Å². The van der Waals surface area contributed by atoms with Crippen molar-refractivity contribution in [2.24, 2.45) is 9.98 Å². The monoisotopic (exact) mass is 449 g/mol. The predicted molar refractivity (Wildman–Crippen MR) is 127 cm³/mol. The second kappa shape index (κ2) is 10.3. The summed E-state index contributed by atoms with van der Waals surface area (Å²) in [6.45, 7) is 14.7. The van der Waals surface area contributed by atoms with Crippen LogP contribution in [0.2, 0.25) is 0 Å². The van der Waals surface area contributed by atoms with Crippen LogP contribution >= 0.6 is 0 Å². The van der Waals surface area contributed by atoms with Gasteiger partial charge < -0.3 is 17.2 Å². The molecule has 4 nitrogen and oxygen atoms in total. The van der Waals surface area contributed by atoms with Crippen LogP contribution < -0.4 is 0 Å². The molecule has 0 bridgehead atoms. The molecule has 0 amide bonds. The summed E-state index contributed by atoms with van der Waals surface area (Å²) in [5, 5.41) is 0. The van der Waals surface area contributed by atoms with Crippen LogP contribution in [-0.2, 0) is 16.5 Å². The number of likely N-dealkylation sites (N-methyl/N-ethyl adjacent to an activating group) is 2. The summed E-state index contributed by atoms with van der Waals surface area (Å²) in [7, 11) is 4.21. The Balaban J connectivity index is 0.00000225. The molecular weight excluding hydrogens is 415 g/mol. The van der Waals surface area contributed by atoms with Crippen molar-refractivity contribution < 1.29 is 16.5 Å². The number of aryl methyl sites for hydroxylation is 6. The molecule has 5 heteroatoms. The van der Waals surface area contributed by atoms with E-state index in [9.17, 15) is 0 Å². The number of nitrogens with zero attached hydrogens (tertiary/aromatic N) is 4. The quantitative estimate of drug-likeness (QED) is 0.439. The molecule has 0 aromatic heterocycles. The van der Waals surface area contributed by atoms with Gasteiger partial charge in [0.2, 0.25) is 0 Å². The van der Waals surface area contributed by atoms with Crippen LogP contribution in [0.4, 0.5) is 11.4 Å². The van der Waals surface area contributed by atoms with E-state index in [1.54, 1.807) is 0 Å². The largest absolute Gasteiger partial charge is 2.00 e. The molecular formula is C25H35N4Ni+. The molecule has 2 aromatic carbocycles. The van der Waals surface area contributed by atoms with E-state index in [1.165, 1.54) is 33.4 Å². The molecule has 1 saturated heterocycles. The van der Waals surface area contributed by atoms with Gasteiger partial charge in [-0.25, -0.2) is 9.98 Å². The summed E-state index contributed by atoms with van der Waals surface area (Å²) in [6.07, 6.45) is 0. The number of rotatable bonds is 2. The zero-order valence-electron chi connectivity index (χ0n) is 19.8. The SMILES string of the molecule is Cc1cc(C)c(N=C2C(=Nc3c(C)cc(C)cc3C)N(C)CCN2C)c(C)c1.[CH3-].[Ni+2]. The summed E-state index contributed by atoms with van der Waals surface area (Å²) >= 11 is 0. The maximum atomic E-state index is 5.11. The van der Waals surface area contributed by atoms with Gasteiger partial charge in [-0.15, -0.1) is 0 Å². The maximum absolute atomic E-state index is 5.11. The van der Waals surface area contributed by atoms with Gasteiger partial charge in [-0.1, -0.05) is 35.4 Å². The Morgan fingerprint density at radius 1 is 0.600 bits per heavy atom. The Morgan fingerprint density at radius 3 is 1.13 bits per heavy atom. The van der Waals surface area contributed by atoms with Gasteiger partial charge in [0.25, 0.3) is 0 Å². The molecule has 3 rings (SSSR count). The molecule has 1 heterocycles. The summed E-state index contributed by atoms with van der Waals surface area (Å²) < 4.78 is 0. The van der Waals surface area contributed by atoms with Gasteiger partial charge in [-0.3, -0.25) is 0 Å². The second-order valence-electron chi connectivity index (χ2n) is 8.21. The molecule has 0 aliphatic carbocycles. The number of piperazine rings is 1. The van der Waals surface area contributed by atoms with Crippen molar-refractivity contribution in [2.75, 3.05) is 27.2 Å². The molecule has 1 aliphatic heterocycles. The molecule has 0 radical (unpaired) electrons. The van der Waals surface area contributed by atoms with Crippen LogP contribution in [0.25, 0.3) is 0 Å². The zero-order chi connectivity index (χ0) is 20.6. The first-order valence-electron chi connectivity index (χ1n) is 9.93. The van der Waals surface area contributed by atoms with E-state index in [2.05, 4.69) is 89.7 Å². The standard InChI is InChI=1S/C24H32N4.CH3.Ni/c1-15-11-17(3)21(18(4)12-15)25-23-24(28(8)10-9-27(23)7)26-22-19(5)13-16(2)14-20(22)6;;/h11-14H,9-10H2,1-8H3;1H3;/q;-1;+2. The molecule has 0 saturated carbocycles. The number of hydrogen-bond donors (Lipinski definition) is 0. The molecule has 30 heavy (non-hydrogen) atoms. The first-order chi connectivity index (χ1) is 13.2. The van der Waals surface area contributed by atoms with E-state index < -0.39 is 0 Å². The minimum Gasteiger partial charge on any atom is -0.358 e. The normalized spacial score (nSPS) is 16.5. The minimum atomic E-state index is 0. The fourth-order valence-corrected chi connectivity index (χ4v) is 4.03. The van der Waals surface area contributed by atoms with E-state index in [1.807, 2.05) is 0 Å². The third-order valence-corrected chi connectivity index (χ3v) is 5.40. The second-order valence-corrected chi connectivity index (χ2v) is 8.21. The molecule has 1 aliphatic rings. The molecule has 0 unspecified atom stereocenters. The first kappa shape index (κ1) is 25.9. The number of benzene rings is 2. The fourth-order valence-electron chi connectivity index (χ4n) is 4.03. The first-order valence-corrected chi connectivity index (χ1v) is 9.93. The summed E-state index contributed by atoms with van der Waals surface area (Å²) in [6, 6.07) is 8.79. The number of hydrogen-bond acceptors (Lipinski definition) is 2. The average Bonchev–Trinajstić information content (AvgIpc) is 2.58. The number of amidine groups is 2. The van der Waals surface area contributed by atoms with E-state index in [4.69, 9.17) is 9.98 Å². The van der Waals surface area contributed by atoms with Crippen molar-refractivity contribution in [2.45, 2.75) is 41.5 Å². The smallest absolute Gasteiger partial charge is 0.358 e. The van der Waals surface area contributed by atoms with Gasteiger partial charge in [0, 0.05) is 27.2 Å². The number of aliphatic imine (C=N–C) groups is 2. The zero-order valence-corrected chi connectivity index (χ0v) is 20.8. The van der Waals surface area contributed by atoms with Gasteiger partial charge in [-0.2, -0.15) is 0 Å². The van der Waals surface area contributed by atoms with Crippen molar-refractivity contribution >= 4 is 23.0 Å². The van der Waals surface area contributed by atoms with Gasteiger partial charge in [0.05, 0.1) is 11.4 Å². The van der Waals surface area contributed by atoms with Crippen LogP contribution in [0.15, 0.2) is 34.3 Å². The predicted octanol–water partition coefficient (Wildman–Crippen LogP) is 5.62. The molecule has 2 aromatic rings. The van der Waals surface area contributed by atoms with Crippen molar-refractivity contribution in [1.29, 1.82) is 0 Å². The van der Waals surface area contributed by atoms with Crippen molar-refractivity contribution in [3.05, 3.63) is 65.1 Å². The third-order valence-electron chi connectivity index (χ3n) is 5.40. The van der Waals surface area contributed by atoms with Gasteiger partial charge in [-0.05, 0) is 63.8 Å². The molecule has 164 valence electrons.